The van der Waals surface area contributed by atoms with Crippen LogP contribution in [0.5, 0.6) is 0 Å². The molecule has 1 aromatic heterocycles. The first-order valence-electron chi connectivity index (χ1n) is 3.76. The second kappa shape index (κ2) is 3.37. The number of nitrogens with two attached hydrogens (primary N) is 1. The van der Waals surface area contributed by atoms with Crippen molar-refractivity contribution in [2.75, 3.05) is 0 Å². The summed E-state index contributed by atoms with van der Waals surface area (Å²) in [5.41, 5.74) is 4.52. The van der Waals surface area contributed by atoms with Gasteiger partial charge in [0.05, 0.1) is 6.54 Å². The Morgan fingerprint density at radius 1 is 1.62 bits per heavy atom. The number of nitrogens with zero attached hydrogens (tertiary/aromatic N) is 2. The van der Waals surface area contributed by atoms with Gasteiger partial charge in [0.1, 0.15) is 0 Å². The molecular formula is C7H10F3N3. The molecule has 0 saturated heterocycles. The molecule has 0 bridgehead atoms. The summed E-state index contributed by atoms with van der Waals surface area (Å²) in [7, 11) is 0. The molecule has 0 aliphatic carbocycles. The van der Waals surface area contributed by atoms with E-state index in [4.69, 9.17) is 5.73 Å². The summed E-state index contributed by atoms with van der Waals surface area (Å²) in [4.78, 5) is 0. The molecule has 0 saturated carbocycles. The predicted octanol–water partition coefficient (Wildman–Crippen LogP) is 1.25. The van der Waals surface area contributed by atoms with Crippen LogP contribution in [0.2, 0.25) is 0 Å². The van der Waals surface area contributed by atoms with Crippen LogP contribution in [-0.2, 0) is 12.7 Å². The summed E-state index contributed by atoms with van der Waals surface area (Å²) in [6.45, 7) is 1.99. The number of hydrogen-bond acceptors (Lipinski definition) is 2. The molecule has 2 N–H and O–H groups in total. The molecule has 0 fully saturated rings. The highest BCUT2D eigenvalue weighted by Crippen LogP contribution is 2.27. The lowest BCUT2D eigenvalue weighted by Crippen LogP contribution is -2.22. The van der Waals surface area contributed by atoms with Crippen molar-refractivity contribution in [2.45, 2.75) is 25.7 Å². The second-order valence-corrected chi connectivity index (χ2v) is 2.90. The monoisotopic (exact) mass is 193 g/mol. The van der Waals surface area contributed by atoms with Crippen LogP contribution in [0.3, 0.4) is 0 Å². The Labute approximate surface area is 73.3 Å². The summed E-state index contributed by atoms with van der Waals surface area (Å²) in [6.07, 6.45) is -3.10. The molecule has 3 nitrogen and oxygen atoms in total. The molecule has 13 heavy (non-hydrogen) atoms. The van der Waals surface area contributed by atoms with Gasteiger partial charge in [0, 0.05) is 12.2 Å². The van der Waals surface area contributed by atoms with Gasteiger partial charge < -0.3 is 5.73 Å². The van der Waals surface area contributed by atoms with Crippen molar-refractivity contribution in [1.82, 2.24) is 9.78 Å². The average molecular weight is 193 g/mol. The maximum Gasteiger partial charge on any atom is 0.435 e. The second-order valence-electron chi connectivity index (χ2n) is 2.90. The standard InChI is InChI=1S/C7H10F3N3/c1-5(11)4-13-3-2-6(12-13)7(8,9)10/h2-3,5H,4,11H2,1H3. The Kier molecular flexibility index (Phi) is 2.60. The Hall–Kier alpha value is -1.04. The molecule has 0 aliphatic rings. The van der Waals surface area contributed by atoms with Crippen LogP contribution in [-0.4, -0.2) is 15.8 Å². The summed E-state index contributed by atoms with van der Waals surface area (Å²) < 4.78 is 37.3. The zero-order valence-corrected chi connectivity index (χ0v) is 7.04. The van der Waals surface area contributed by atoms with E-state index in [0.29, 0.717) is 0 Å². The molecule has 0 radical (unpaired) electrons. The third-order valence-electron chi connectivity index (χ3n) is 1.41. The SMILES string of the molecule is CC(N)Cn1ccc(C(F)(F)F)n1. The van der Waals surface area contributed by atoms with Gasteiger partial charge in [-0.3, -0.25) is 4.68 Å². The lowest BCUT2D eigenvalue weighted by atomic mass is 10.4. The maximum absolute atomic E-state index is 12.0. The van der Waals surface area contributed by atoms with Crippen molar-refractivity contribution >= 4 is 0 Å². The van der Waals surface area contributed by atoms with Crippen LogP contribution in [0.25, 0.3) is 0 Å². The fourth-order valence-electron chi connectivity index (χ4n) is 0.910. The van der Waals surface area contributed by atoms with Crippen LogP contribution in [0.15, 0.2) is 12.3 Å². The minimum Gasteiger partial charge on any atom is -0.326 e. The van der Waals surface area contributed by atoms with E-state index in [9.17, 15) is 13.2 Å². The van der Waals surface area contributed by atoms with E-state index >= 15 is 0 Å². The number of alkyl halides is 3. The molecule has 0 aromatic carbocycles. The van der Waals surface area contributed by atoms with Gasteiger partial charge in [0.2, 0.25) is 0 Å². The van der Waals surface area contributed by atoms with E-state index in [2.05, 4.69) is 5.10 Å². The third-order valence-corrected chi connectivity index (χ3v) is 1.41. The molecule has 1 heterocycles. The zero-order chi connectivity index (χ0) is 10.1. The smallest absolute Gasteiger partial charge is 0.326 e. The van der Waals surface area contributed by atoms with E-state index in [0.717, 1.165) is 6.07 Å². The summed E-state index contributed by atoms with van der Waals surface area (Å²) >= 11 is 0. The van der Waals surface area contributed by atoms with Crippen molar-refractivity contribution in [1.29, 1.82) is 0 Å². The van der Waals surface area contributed by atoms with Gasteiger partial charge in [0.15, 0.2) is 5.69 Å². The van der Waals surface area contributed by atoms with Gasteiger partial charge in [0.25, 0.3) is 0 Å². The molecular weight excluding hydrogens is 183 g/mol. The van der Waals surface area contributed by atoms with Crippen LogP contribution in [0, 0.1) is 0 Å². The Morgan fingerprint density at radius 2 is 2.23 bits per heavy atom. The average Bonchev–Trinajstić information content (AvgIpc) is 2.32. The first kappa shape index (κ1) is 10.0. The Balaban J connectivity index is 2.75. The van der Waals surface area contributed by atoms with Crippen LogP contribution >= 0.6 is 0 Å². The molecule has 74 valence electrons. The third kappa shape index (κ3) is 2.73. The normalized spacial score (nSPS) is 14.5. The Bertz CT molecular complexity index is 277. The highest BCUT2D eigenvalue weighted by molar-refractivity contribution is 5.03. The molecule has 0 aliphatic heterocycles. The van der Waals surface area contributed by atoms with Crippen molar-refractivity contribution < 1.29 is 13.2 Å². The number of rotatable bonds is 2. The van der Waals surface area contributed by atoms with Gasteiger partial charge in [-0.25, -0.2) is 0 Å². The van der Waals surface area contributed by atoms with E-state index in [1.165, 1.54) is 10.9 Å². The molecule has 0 amide bonds. The van der Waals surface area contributed by atoms with Gasteiger partial charge in [-0.1, -0.05) is 0 Å². The minimum atomic E-state index is -4.37. The molecule has 6 heteroatoms. The van der Waals surface area contributed by atoms with Crippen LogP contribution in [0.1, 0.15) is 12.6 Å². The fraction of sp³-hybridized carbons (Fsp3) is 0.571. The van der Waals surface area contributed by atoms with Gasteiger partial charge in [-0.2, -0.15) is 18.3 Å². The van der Waals surface area contributed by atoms with Gasteiger partial charge in [-0.05, 0) is 13.0 Å². The Morgan fingerprint density at radius 3 is 2.62 bits per heavy atom. The molecule has 1 unspecified atom stereocenters. The zero-order valence-electron chi connectivity index (χ0n) is 7.04. The number of halogens is 3. The van der Waals surface area contributed by atoms with E-state index < -0.39 is 11.9 Å². The van der Waals surface area contributed by atoms with Crippen molar-refractivity contribution in [3.05, 3.63) is 18.0 Å². The highest BCUT2D eigenvalue weighted by atomic mass is 19.4. The summed E-state index contributed by atoms with van der Waals surface area (Å²) in [6, 6.07) is 0.725. The maximum atomic E-state index is 12.0. The lowest BCUT2D eigenvalue weighted by Gasteiger charge is -2.05. The van der Waals surface area contributed by atoms with Gasteiger partial charge >= 0.3 is 6.18 Å². The number of hydrogen-bond donors (Lipinski definition) is 1. The lowest BCUT2D eigenvalue weighted by molar-refractivity contribution is -0.141. The molecule has 1 atom stereocenters. The fourth-order valence-corrected chi connectivity index (χ4v) is 0.910. The van der Waals surface area contributed by atoms with E-state index in [1.807, 2.05) is 0 Å². The van der Waals surface area contributed by atoms with Gasteiger partial charge in [-0.15, -0.1) is 0 Å². The largest absolute Gasteiger partial charge is 0.435 e. The predicted molar refractivity (Wildman–Crippen MR) is 40.9 cm³/mol. The summed E-state index contributed by atoms with van der Waals surface area (Å²) in [5, 5.41) is 3.33. The molecule has 0 spiro atoms. The quantitative estimate of drug-likeness (QED) is 0.768. The van der Waals surface area contributed by atoms with Crippen LogP contribution in [0.4, 0.5) is 13.2 Å². The van der Waals surface area contributed by atoms with E-state index in [-0.39, 0.29) is 12.6 Å². The van der Waals surface area contributed by atoms with Crippen LogP contribution < -0.4 is 5.73 Å². The van der Waals surface area contributed by atoms with E-state index in [1.54, 1.807) is 6.92 Å². The van der Waals surface area contributed by atoms with Crippen molar-refractivity contribution in [3.8, 4) is 0 Å². The molecule has 1 aromatic rings. The number of aromatic nitrogens is 2. The minimum absolute atomic E-state index is 0.207. The first-order valence-corrected chi connectivity index (χ1v) is 3.76. The van der Waals surface area contributed by atoms with Crippen molar-refractivity contribution in [3.63, 3.8) is 0 Å². The summed E-state index contributed by atoms with van der Waals surface area (Å²) in [5.74, 6) is 0. The topological polar surface area (TPSA) is 43.8 Å². The first-order chi connectivity index (χ1) is 5.89. The molecule has 1 rings (SSSR count). The highest BCUT2D eigenvalue weighted by Gasteiger charge is 2.33. The van der Waals surface area contributed by atoms with Crippen molar-refractivity contribution in [2.24, 2.45) is 5.73 Å².